The Hall–Kier alpha value is -2.17. The van der Waals surface area contributed by atoms with Gasteiger partial charge in [-0.1, -0.05) is 6.07 Å². The molecule has 0 saturated heterocycles. The van der Waals surface area contributed by atoms with Crippen molar-refractivity contribution in [2.75, 3.05) is 30.9 Å². The van der Waals surface area contributed by atoms with Crippen LogP contribution in [0.4, 0.5) is 11.6 Å². The minimum atomic E-state index is 0.661. The van der Waals surface area contributed by atoms with Crippen molar-refractivity contribution in [2.45, 2.75) is 20.4 Å². The second-order valence-electron chi connectivity index (χ2n) is 5.29. The van der Waals surface area contributed by atoms with Crippen molar-refractivity contribution in [3.63, 3.8) is 0 Å². The molecule has 0 bridgehead atoms. The Morgan fingerprint density at radius 3 is 2.71 bits per heavy atom. The highest BCUT2D eigenvalue weighted by molar-refractivity contribution is 5.57. The van der Waals surface area contributed by atoms with Crippen LogP contribution in [0.25, 0.3) is 0 Å². The molecule has 1 N–H and O–H groups in total. The maximum atomic E-state index is 5.69. The molecule has 2 aromatic rings. The SMILES string of the molecule is CCOc1cc(C)ccc1NCc1cnc(N(C)C)n1C. The van der Waals surface area contributed by atoms with E-state index in [0.717, 1.165) is 23.1 Å². The van der Waals surface area contributed by atoms with Crippen molar-refractivity contribution in [3.8, 4) is 5.75 Å². The lowest BCUT2D eigenvalue weighted by molar-refractivity contribution is 0.341. The molecule has 0 amide bonds. The summed E-state index contributed by atoms with van der Waals surface area (Å²) < 4.78 is 7.77. The van der Waals surface area contributed by atoms with Gasteiger partial charge >= 0.3 is 0 Å². The third kappa shape index (κ3) is 3.48. The first kappa shape index (κ1) is 15.2. The predicted octanol–water partition coefficient (Wildman–Crippen LogP) is 2.81. The summed E-state index contributed by atoms with van der Waals surface area (Å²) in [5, 5.41) is 3.43. The predicted molar refractivity (Wildman–Crippen MR) is 87.2 cm³/mol. The van der Waals surface area contributed by atoms with E-state index in [0.29, 0.717) is 13.2 Å². The topological polar surface area (TPSA) is 42.3 Å². The zero-order valence-corrected chi connectivity index (χ0v) is 13.5. The van der Waals surface area contributed by atoms with Crippen LogP contribution in [0.2, 0.25) is 0 Å². The molecular weight excluding hydrogens is 264 g/mol. The van der Waals surface area contributed by atoms with E-state index in [1.807, 2.05) is 39.2 Å². The molecular formula is C16H24N4O. The van der Waals surface area contributed by atoms with Crippen molar-refractivity contribution < 1.29 is 4.74 Å². The third-order valence-electron chi connectivity index (χ3n) is 3.36. The summed E-state index contributed by atoms with van der Waals surface area (Å²) in [6.07, 6.45) is 1.90. The molecule has 0 spiro atoms. The normalized spacial score (nSPS) is 10.5. The lowest BCUT2D eigenvalue weighted by Crippen LogP contribution is -2.15. The minimum absolute atomic E-state index is 0.661. The maximum absolute atomic E-state index is 5.69. The number of aryl methyl sites for hydroxylation is 1. The molecule has 5 nitrogen and oxygen atoms in total. The molecule has 0 radical (unpaired) electrons. The highest BCUT2D eigenvalue weighted by Gasteiger charge is 2.09. The molecule has 0 aliphatic rings. The van der Waals surface area contributed by atoms with Crippen LogP contribution < -0.4 is 15.0 Å². The lowest BCUT2D eigenvalue weighted by Gasteiger charge is -2.15. The molecule has 21 heavy (non-hydrogen) atoms. The molecule has 5 heteroatoms. The number of imidazole rings is 1. The van der Waals surface area contributed by atoms with Gasteiger partial charge in [0.15, 0.2) is 0 Å². The van der Waals surface area contributed by atoms with E-state index < -0.39 is 0 Å². The molecule has 0 unspecified atom stereocenters. The summed E-state index contributed by atoms with van der Waals surface area (Å²) in [5.41, 5.74) is 3.33. The highest BCUT2D eigenvalue weighted by Crippen LogP contribution is 2.26. The Bertz CT molecular complexity index is 604. The number of hydrogen-bond acceptors (Lipinski definition) is 4. The average Bonchev–Trinajstić information content (AvgIpc) is 2.80. The molecule has 0 saturated carbocycles. The van der Waals surface area contributed by atoms with Gasteiger partial charge in [-0.2, -0.15) is 0 Å². The van der Waals surface area contributed by atoms with Gasteiger partial charge in [-0.15, -0.1) is 0 Å². The van der Waals surface area contributed by atoms with E-state index in [-0.39, 0.29) is 0 Å². The van der Waals surface area contributed by atoms with E-state index in [4.69, 9.17) is 4.74 Å². The van der Waals surface area contributed by atoms with Crippen LogP contribution in [-0.4, -0.2) is 30.3 Å². The van der Waals surface area contributed by atoms with Gasteiger partial charge in [0.05, 0.1) is 30.7 Å². The first-order chi connectivity index (χ1) is 10.0. The molecule has 2 rings (SSSR count). The molecule has 1 aromatic heterocycles. The number of ether oxygens (including phenoxy) is 1. The highest BCUT2D eigenvalue weighted by atomic mass is 16.5. The molecule has 1 aromatic carbocycles. The standard InChI is InChI=1S/C16H24N4O/c1-6-21-15-9-12(2)7-8-14(15)17-10-13-11-18-16(19(3)4)20(13)5/h7-9,11,17H,6,10H2,1-5H3. The number of hydrogen-bond donors (Lipinski definition) is 1. The van der Waals surface area contributed by atoms with Crippen molar-refractivity contribution >= 4 is 11.6 Å². The average molecular weight is 288 g/mol. The fourth-order valence-electron chi connectivity index (χ4n) is 2.25. The van der Waals surface area contributed by atoms with E-state index in [9.17, 15) is 0 Å². The van der Waals surface area contributed by atoms with Crippen LogP contribution in [0.15, 0.2) is 24.4 Å². The van der Waals surface area contributed by atoms with Crippen molar-refractivity contribution in [1.29, 1.82) is 0 Å². The lowest BCUT2D eigenvalue weighted by atomic mass is 10.2. The first-order valence-corrected chi connectivity index (χ1v) is 7.18. The van der Waals surface area contributed by atoms with Gasteiger partial charge < -0.3 is 19.5 Å². The molecule has 1 heterocycles. The fourth-order valence-corrected chi connectivity index (χ4v) is 2.25. The number of benzene rings is 1. The quantitative estimate of drug-likeness (QED) is 0.887. The minimum Gasteiger partial charge on any atom is -0.492 e. The number of anilines is 2. The van der Waals surface area contributed by atoms with Crippen LogP contribution in [0.1, 0.15) is 18.2 Å². The number of nitrogens with zero attached hydrogens (tertiary/aromatic N) is 3. The third-order valence-corrected chi connectivity index (χ3v) is 3.36. The Labute approximate surface area is 126 Å². The van der Waals surface area contributed by atoms with Gasteiger partial charge in [0.2, 0.25) is 5.95 Å². The van der Waals surface area contributed by atoms with Crippen LogP contribution >= 0.6 is 0 Å². The van der Waals surface area contributed by atoms with Crippen LogP contribution in [0.5, 0.6) is 5.75 Å². The number of rotatable bonds is 6. The van der Waals surface area contributed by atoms with E-state index in [2.05, 4.69) is 40.0 Å². The summed E-state index contributed by atoms with van der Waals surface area (Å²) in [4.78, 5) is 6.42. The van der Waals surface area contributed by atoms with Gasteiger partial charge in [-0.25, -0.2) is 4.98 Å². The van der Waals surface area contributed by atoms with Crippen LogP contribution in [0.3, 0.4) is 0 Å². The Morgan fingerprint density at radius 2 is 2.10 bits per heavy atom. The number of aromatic nitrogens is 2. The second-order valence-corrected chi connectivity index (χ2v) is 5.29. The Balaban J connectivity index is 2.13. The molecule has 114 valence electrons. The first-order valence-electron chi connectivity index (χ1n) is 7.18. The van der Waals surface area contributed by atoms with Gasteiger partial charge in [0.25, 0.3) is 0 Å². The van der Waals surface area contributed by atoms with E-state index >= 15 is 0 Å². The summed E-state index contributed by atoms with van der Waals surface area (Å²) in [5.74, 6) is 1.84. The van der Waals surface area contributed by atoms with Crippen LogP contribution in [-0.2, 0) is 13.6 Å². The summed E-state index contributed by atoms with van der Waals surface area (Å²) in [7, 11) is 6.01. The van der Waals surface area contributed by atoms with Crippen LogP contribution in [0, 0.1) is 6.92 Å². The monoisotopic (exact) mass is 288 g/mol. The molecule has 0 atom stereocenters. The Morgan fingerprint density at radius 1 is 1.33 bits per heavy atom. The van der Waals surface area contributed by atoms with Gasteiger partial charge in [0, 0.05) is 21.1 Å². The summed E-state index contributed by atoms with van der Waals surface area (Å²) in [6, 6.07) is 6.20. The maximum Gasteiger partial charge on any atom is 0.204 e. The number of nitrogens with one attached hydrogen (secondary N) is 1. The molecule has 0 aliphatic carbocycles. The second kappa shape index (κ2) is 6.52. The zero-order valence-electron chi connectivity index (χ0n) is 13.5. The molecule has 0 aliphatic heterocycles. The largest absolute Gasteiger partial charge is 0.492 e. The summed E-state index contributed by atoms with van der Waals surface area (Å²) >= 11 is 0. The smallest absolute Gasteiger partial charge is 0.204 e. The van der Waals surface area contributed by atoms with Crippen molar-refractivity contribution in [2.24, 2.45) is 7.05 Å². The van der Waals surface area contributed by atoms with E-state index in [1.165, 1.54) is 5.56 Å². The van der Waals surface area contributed by atoms with E-state index in [1.54, 1.807) is 0 Å². The summed E-state index contributed by atoms with van der Waals surface area (Å²) in [6.45, 7) is 5.43. The Kier molecular flexibility index (Phi) is 4.73. The van der Waals surface area contributed by atoms with Gasteiger partial charge in [0.1, 0.15) is 5.75 Å². The zero-order chi connectivity index (χ0) is 15.4. The fraction of sp³-hybridized carbons (Fsp3) is 0.438. The molecule has 0 fully saturated rings. The van der Waals surface area contributed by atoms with Crippen molar-refractivity contribution in [1.82, 2.24) is 9.55 Å². The van der Waals surface area contributed by atoms with Crippen molar-refractivity contribution in [3.05, 3.63) is 35.7 Å². The van der Waals surface area contributed by atoms with Gasteiger partial charge in [-0.05, 0) is 31.5 Å². The van der Waals surface area contributed by atoms with Gasteiger partial charge in [-0.3, -0.25) is 0 Å².